The maximum Gasteiger partial charge on any atom is 0.305 e. The number of nitrogens with zero attached hydrogens (tertiary/aromatic N) is 4. The van der Waals surface area contributed by atoms with Crippen molar-refractivity contribution < 1.29 is 9.53 Å². The molecule has 0 amide bonds. The van der Waals surface area contributed by atoms with E-state index in [9.17, 15) is 4.79 Å². The minimum atomic E-state index is -0.212. The van der Waals surface area contributed by atoms with Crippen molar-refractivity contribution in [2.24, 2.45) is 7.05 Å². The van der Waals surface area contributed by atoms with Gasteiger partial charge in [0.2, 0.25) is 0 Å². The zero-order chi connectivity index (χ0) is 19.9. The number of aromatic nitrogens is 4. The SMILES string of the molecule is CCCc1nn(C)c2c(NCc3ccccc3)nc(CCCC(=O)OC)nc12. The highest BCUT2D eigenvalue weighted by Gasteiger charge is 2.17. The third-order valence-electron chi connectivity index (χ3n) is 4.60. The molecular weight excluding hydrogens is 354 g/mol. The average molecular weight is 381 g/mol. The second-order valence-electron chi connectivity index (χ2n) is 6.77. The molecule has 0 aliphatic heterocycles. The lowest BCUT2D eigenvalue weighted by atomic mass is 10.2. The summed E-state index contributed by atoms with van der Waals surface area (Å²) in [7, 11) is 3.33. The van der Waals surface area contributed by atoms with Crippen molar-refractivity contribution in [3.8, 4) is 0 Å². The Hall–Kier alpha value is -2.96. The van der Waals surface area contributed by atoms with Gasteiger partial charge in [0.15, 0.2) is 5.82 Å². The molecule has 148 valence electrons. The van der Waals surface area contributed by atoms with E-state index in [0.717, 1.165) is 41.2 Å². The van der Waals surface area contributed by atoms with Crippen molar-refractivity contribution in [3.63, 3.8) is 0 Å². The van der Waals surface area contributed by atoms with E-state index in [1.54, 1.807) is 0 Å². The molecule has 0 fully saturated rings. The predicted octanol–water partition coefficient (Wildman–Crippen LogP) is 3.42. The van der Waals surface area contributed by atoms with Crippen molar-refractivity contribution in [1.82, 2.24) is 19.7 Å². The van der Waals surface area contributed by atoms with Crippen molar-refractivity contribution >= 4 is 22.8 Å². The number of carbonyl (C=O) groups excluding carboxylic acids is 1. The van der Waals surface area contributed by atoms with E-state index in [4.69, 9.17) is 14.7 Å². The standard InChI is InChI=1S/C21H27N5O2/c1-4-9-16-19-20(26(2)25-16)21(22-14-15-10-6-5-7-11-15)24-17(23-19)12-8-13-18(27)28-3/h5-7,10-11H,4,8-9,12-14H2,1-3H3,(H,22,23,24). The third-order valence-corrected chi connectivity index (χ3v) is 4.60. The van der Waals surface area contributed by atoms with Gasteiger partial charge in [-0.25, -0.2) is 9.97 Å². The molecular formula is C21H27N5O2. The van der Waals surface area contributed by atoms with Gasteiger partial charge >= 0.3 is 5.97 Å². The molecule has 0 saturated heterocycles. The van der Waals surface area contributed by atoms with Crippen LogP contribution in [-0.4, -0.2) is 32.8 Å². The number of rotatable bonds is 9. The highest BCUT2D eigenvalue weighted by Crippen LogP contribution is 2.25. The molecule has 0 atom stereocenters. The zero-order valence-electron chi connectivity index (χ0n) is 16.7. The highest BCUT2D eigenvalue weighted by molar-refractivity contribution is 5.87. The second kappa shape index (κ2) is 9.30. The number of fused-ring (bicyclic) bond motifs is 1. The quantitative estimate of drug-likeness (QED) is 0.572. The molecule has 0 spiro atoms. The summed E-state index contributed by atoms with van der Waals surface area (Å²) in [6.45, 7) is 2.80. The van der Waals surface area contributed by atoms with Crippen LogP contribution < -0.4 is 5.32 Å². The number of hydrogen-bond donors (Lipinski definition) is 1. The lowest BCUT2D eigenvalue weighted by molar-refractivity contribution is -0.140. The topological polar surface area (TPSA) is 81.9 Å². The van der Waals surface area contributed by atoms with Crippen molar-refractivity contribution in [1.29, 1.82) is 0 Å². The Bertz CT molecular complexity index is 937. The fourth-order valence-corrected chi connectivity index (χ4v) is 3.20. The molecule has 1 N–H and O–H groups in total. The molecule has 7 heteroatoms. The molecule has 3 aromatic rings. The van der Waals surface area contributed by atoms with Crippen LogP contribution in [0.3, 0.4) is 0 Å². The lowest BCUT2D eigenvalue weighted by Gasteiger charge is -2.10. The normalized spacial score (nSPS) is 11.0. The van der Waals surface area contributed by atoms with Gasteiger partial charge in [0.05, 0.1) is 12.8 Å². The number of nitrogens with one attached hydrogen (secondary N) is 1. The summed E-state index contributed by atoms with van der Waals surface area (Å²) in [5.74, 6) is 1.29. The van der Waals surface area contributed by atoms with Gasteiger partial charge in [0.1, 0.15) is 16.9 Å². The molecule has 2 heterocycles. The third kappa shape index (κ3) is 4.65. The Morgan fingerprint density at radius 1 is 1.18 bits per heavy atom. The van der Waals surface area contributed by atoms with Crippen LogP contribution in [0.1, 0.15) is 43.3 Å². The molecule has 7 nitrogen and oxygen atoms in total. The number of anilines is 1. The van der Waals surface area contributed by atoms with Crippen LogP contribution in [-0.2, 0) is 36.0 Å². The van der Waals surface area contributed by atoms with Crippen molar-refractivity contribution in [2.45, 2.75) is 45.6 Å². The number of ether oxygens (including phenoxy) is 1. The fourth-order valence-electron chi connectivity index (χ4n) is 3.20. The Morgan fingerprint density at radius 3 is 2.68 bits per heavy atom. The zero-order valence-corrected chi connectivity index (χ0v) is 16.7. The lowest BCUT2D eigenvalue weighted by Crippen LogP contribution is -2.08. The van der Waals surface area contributed by atoms with Gasteiger partial charge in [0, 0.05) is 26.4 Å². The molecule has 0 aliphatic carbocycles. The van der Waals surface area contributed by atoms with Crippen LogP contribution in [0.15, 0.2) is 30.3 Å². The van der Waals surface area contributed by atoms with E-state index in [2.05, 4.69) is 29.5 Å². The van der Waals surface area contributed by atoms with Crippen molar-refractivity contribution in [3.05, 3.63) is 47.4 Å². The maximum absolute atomic E-state index is 11.4. The largest absolute Gasteiger partial charge is 0.469 e. The fraction of sp³-hybridized carbons (Fsp3) is 0.429. The van der Waals surface area contributed by atoms with Gasteiger partial charge in [-0.15, -0.1) is 0 Å². The summed E-state index contributed by atoms with van der Waals surface area (Å²) >= 11 is 0. The molecule has 28 heavy (non-hydrogen) atoms. The maximum atomic E-state index is 11.4. The number of carbonyl (C=O) groups is 1. The van der Waals surface area contributed by atoms with Crippen LogP contribution in [0, 0.1) is 0 Å². The number of esters is 1. The monoisotopic (exact) mass is 381 g/mol. The number of benzene rings is 1. The van der Waals surface area contributed by atoms with Gasteiger partial charge in [-0.2, -0.15) is 5.10 Å². The summed E-state index contributed by atoms with van der Waals surface area (Å²) in [5, 5.41) is 8.11. The minimum Gasteiger partial charge on any atom is -0.469 e. The van der Waals surface area contributed by atoms with Crippen LogP contribution in [0.25, 0.3) is 11.0 Å². The molecule has 1 aromatic carbocycles. The predicted molar refractivity (Wildman–Crippen MR) is 109 cm³/mol. The second-order valence-corrected chi connectivity index (χ2v) is 6.77. The van der Waals surface area contributed by atoms with E-state index in [-0.39, 0.29) is 5.97 Å². The molecule has 3 rings (SSSR count). The van der Waals surface area contributed by atoms with Crippen LogP contribution in [0.5, 0.6) is 0 Å². The number of aryl methyl sites for hydroxylation is 3. The first-order chi connectivity index (χ1) is 13.6. The highest BCUT2D eigenvalue weighted by atomic mass is 16.5. The van der Waals surface area contributed by atoms with Gasteiger partial charge in [-0.3, -0.25) is 9.48 Å². The summed E-state index contributed by atoms with van der Waals surface area (Å²) in [5.41, 5.74) is 3.97. The van der Waals surface area contributed by atoms with E-state index in [1.807, 2.05) is 29.9 Å². The molecule has 0 saturated carbocycles. The first kappa shape index (κ1) is 19.8. The molecule has 0 aliphatic rings. The van der Waals surface area contributed by atoms with E-state index in [1.165, 1.54) is 12.7 Å². The Labute approximate surface area is 165 Å². The van der Waals surface area contributed by atoms with Crippen LogP contribution in [0.2, 0.25) is 0 Å². The van der Waals surface area contributed by atoms with Crippen LogP contribution >= 0.6 is 0 Å². The van der Waals surface area contributed by atoms with E-state index >= 15 is 0 Å². The molecule has 0 radical (unpaired) electrons. The first-order valence-electron chi connectivity index (χ1n) is 9.69. The number of methoxy groups -OCH3 is 1. The first-order valence-corrected chi connectivity index (χ1v) is 9.69. The minimum absolute atomic E-state index is 0.212. The van der Waals surface area contributed by atoms with Gasteiger partial charge < -0.3 is 10.1 Å². The van der Waals surface area contributed by atoms with Gasteiger partial charge in [0.25, 0.3) is 0 Å². The molecule has 0 bridgehead atoms. The van der Waals surface area contributed by atoms with Crippen molar-refractivity contribution in [2.75, 3.05) is 12.4 Å². The Kier molecular flexibility index (Phi) is 6.57. The number of hydrogen-bond acceptors (Lipinski definition) is 6. The molecule has 2 aromatic heterocycles. The molecule has 0 unspecified atom stereocenters. The Balaban J connectivity index is 1.90. The van der Waals surface area contributed by atoms with Crippen LogP contribution in [0.4, 0.5) is 5.82 Å². The van der Waals surface area contributed by atoms with Gasteiger partial charge in [-0.1, -0.05) is 43.7 Å². The Morgan fingerprint density at radius 2 is 1.96 bits per heavy atom. The smallest absolute Gasteiger partial charge is 0.305 e. The average Bonchev–Trinajstić information content (AvgIpc) is 3.02. The van der Waals surface area contributed by atoms with E-state index < -0.39 is 0 Å². The summed E-state index contributed by atoms with van der Waals surface area (Å²) in [6, 6.07) is 10.2. The van der Waals surface area contributed by atoms with E-state index in [0.29, 0.717) is 25.8 Å². The van der Waals surface area contributed by atoms with Gasteiger partial charge in [-0.05, 0) is 18.4 Å². The summed E-state index contributed by atoms with van der Waals surface area (Å²) in [4.78, 5) is 20.9. The summed E-state index contributed by atoms with van der Waals surface area (Å²) < 4.78 is 6.57. The summed E-state index contributed by atoms with van der Waals surface area (Å²) in [6.07, 6.45) is 3.50.